The maximum Gasteiger partial charge on any atom is 0.263 e. The van der Waals surface area contributed by atoms with Crippen molar-refractivity contribution in [3.05, 3.63) is 46.9 Å². The Morgan fingerprint density at radius 2 is 2.04 bits per heavy atom. The number of nitrogens with one attached hydrogen (secondary N) is 1. The van der Waals surface area contributed by atoms with Gasteiger partial charge in [0.15, 0.2) is 4.34 Å². The second kappa shape index (κ2) is 6.80. The molecule has 3 aromatic rings. The maximum absolute atomic E-state index is 12.5. The molecular formula is C15H13BrN2O2S3. The standard InChI is InChI=1S/C15H13BrN2O2S3/c1-2-21-15-17-12-8-7-10(9-13(12)22-15)18-23(19,20)14-6-4-3-5-11(14)16/h3-9,18H,2H2,1H3. The van der Waals surface area contributed by atoms with E-state index in [1.165, 1.54) is 0 Å². The highest BCUT2D eigenvalue weighted by molar-refractivity contribution is 9.10. The van der Waals surface area contributed by atoms with E-state index in [-0.39, 0.29) is 4.90 Å². The summed E-state index contributed by atoms with van der Waals surface area (Å²) in [4.78, 5) is 4.72. The fourth-order valence-electron chi connectivity index (χ4n) is 2.02. The Labute approximate surface area is 151 Å². The lowest BCUT2D eigenvalue weighted by molar-refractivity contribution is 0.601. The summed E-state index contributed by atoms with van der Waals surface area (Å²) < 4.78 is 30.1. The van der Waals surface area contributed by atoms with E-state index in [0.29, 0.717) is 10.2 Å². The third kappa shape index (κ3) is 3.71. The first-order chi connectivity index (χ1) is 11.0. The zero-order valence-corrected chi connectivity index (χ0v) is 16.2. The summed E-state index contributed by atoms with van der Waals surface area (Å²) in [6.45, 7) is 2.08. The number of thioether (sulfide) groups is 1. The molecule has 0 amide bonds. The Bertz CT molecular complexity index is 954. The lowest BCUT2D eigenvalue weighted by atomic mass is 10.3. The van der Waals surface area contributed by atoms with E-state index in [2.05, 4.69) is 32.6 Å². The smallest absolute Gasteiger partial charge is 0.263 e. The Balaban J connectivity index is 1.93. The quantitative estimate of drug-likeness (QED) is 0.582. The van der Waals surface area contributed by atoms with Gasteiger partial charge in [0.05, 0.1) is 15.9 Å². The molecule has 0 aliphatic rings. The third-order valence-electron chi connectivity index (χ3n) is 3.02. The normalized spacial score (nSPS) is 11.7. The number of halogens is 1. The summed E-state index contributed by atoms with van der Waals surface area (Å²) in [5.41, 5.74) is 1.42. The molecule has 120 valence electrons. The van der Waals surface area contributed by atoms with Crippen LogP contribution in [0.2, 0.25) is 0 Å². The van der Waals surface area contributed by atoms with Crippen molar-refractivity contribution in [3.8, 4) is 0 Å². The van der Waals surface area contributed by atoms with E-state index >= 15 is 0 Å². The Kier molecular flexibility index (Phi) is 4.96. The molecule has 3 rings (SSSR count). The van der Waals surface area contributed by atoms with Crippen molar-refractivity contribution < 1.29 is 8.42 Å². The second-order valence-corrected chi connectivity index (χ2v) is 9.68. The first-order valence-electron chi connectivity index (χ1n) is 6.80. The molecular weight excluding hydrogens is 416 g/mol. The molecule has 0 bridgehead atoms. The van der Waals surface area contributed by atoms with Crippen LogP contribution in [0.3, 0.4) is 0 Å². The predicted molar refractivity (Wildman–Crippen MR) is 101 cm³/mol. The van der Waals surface area contributed by atoms with Gasteiger partial charge >= 0.3 is 0 Å². The van der Waals surface area contributed by atoms with Gasteiger partial charge in [0.1, 0.15) is 4.90 Å². The largest absolute Gasteiger partial charge is 0.280 e. The highest BCUT2D eigenvalue weighted by atomic mass is 79.9. The average Bonchev–Trinajstić information content (AvgIpc) is 2.89. The Hall–Kier alpha value is -1.09. The molecule has 0 aliphatic heterocycles. The van der Waals surface area contributed by atoms with Crippen LogP contribution in [-0.4, -0.2) is 19.2 Å². The summed E-state index contributed by atoms with van der Waals surface area (Å²) in [6.07, 6.45) is 0. The van der Waals surface area contributed by atoms with Crippen LogP contribution in [0, 0.1) is 0 Å². The monoisotopic (exact) mass is 428 g/mol. The number of aromatic nitrogens is 1. The van der Waals surface area contributed by atoms with Crippen LogP contribution < -0.4 is 4.72 Å². The van der Waals surface area contributed by atoms with Crippen LogP contribution in [0.25, 0.3) is 10.2 Å². The molecule has 2 aromatic carbocycles. The van der Waals surface area contributed by atoms with Gasteiger partial charge in [-0.2, -0.15) is 0 Å². The van der Waals surface area contributed by atoms with E-state index < -0.39 is 10.0 Å². The van der Waals surface area contributed by atoms with Gasteiger partial charge in [-0.05, 0) is 52.0 Å². The fraction of sp³-hybridized carbons (Fsp3) is 0.133. The number of anilines is 1. The molecule has 0 saturated carbocycles. The fourth-order valence-corrected chi connectivity index (χ4v) is 6.08. The number of sulfonamides is 1. The maximum atomic E-state index is 12.5. The van der Waals surface area contributed by atoms with Crippen molar-refractivity contribution in [2.24, 2.45) is 0 Å². The molecule has 1 aromatic heterocycles. The first-order valence-corrected chi connectivity index (χ1v) is 10.9. The number of benzene rings is 2. The number of nitrogens with zero attached hydrogens (tertiary/aromatic N) is 1. The van der Waals surface area contributed by atoms with Gasteiger partial charge in [-0.15, -0.1) is 11.3 Å². The van der Waals surface area contributed by atoms with Crippen molar-refractivity contribution >= 4 is 65.0 Å². The minimum absolute atomic E-state index is 0.214. The topological polar surface area (TPSA) is 59.1 Å². The van der Waals surface area contributed by atoms with Crippen LogP contribution in [0.5, 0.6) is 0 Å². The van der Waals surface area contributed by atoms with Crippen molar-refractivity contribution in [1.29, 1.82) is 0 Å². The molecule has 4 nitrogen and oxygen atoms in total. The van der Waals surface area contributed by atoms with Gasteiger partial charge in [-0.3, -0.25) is 4.72 Å². The molecule has 23 heavy (non-hydrogen) atoms. The van der Waals surface area contributed by atoms with Crippen LogP contribution >= 0.6 is 39.0 Å². The van der Waals surface area contributed by atoms with Crippen molar-refractivity contribution in [2.45, 2.75) is 16.2 Å². The van der Waals surface area contributed by atoms with E-state index in [4.69, 9.17) is 0 Å². The van der Waals surface area contributed by atoms with E-state index in [0.717, 1.165) is 20.3 Å². The molecule has 0 radical (unpaired) electrons. The highest BCUT2D eigenvalue weighted by Gasteiger charge is 2.17. The van der Waals surface area contributed by atoms with Crippen LogP contribution in [0.4, 0.5) is 5.69 Å². The van der Waals surface area contributed by atoms with Crippen molar-refractivity contribution in [3.63, 3.8) is 0 Å². The summed E-state index contributed by atoms with van der Waals surface area (Å²) >= 11 is 6.53. The van der Waals surface area contributed by atoms with Crippen LogP contribution in [0.15, 0.2) is 56.2 Å². The lowest BCUT2D eigenvalue weighted by Gasteiger charge is -2.09. The van der Waals surface area contributed by atoms with Gasteiger partial charge in [0, 0.05) is 4.47 Å². The zero-order chi connectivity index (χ0) is 16.4. The van der Waals surface area contributed by atoms with Crippen molar-refractivity contribution in [2.75, 3.05) is 10.5 Å². The Morgan fingerprint density at radius 1 is 1.26 bits per heavy atom. The van der Waals surface area contributed by atoms with Crippen LogP contribution in [0.1, 0.15) is 6.92 Å². The minimum Gasteiger partial charge on any atom is -0.280 e. The summed E-state index contributed by atoms with van der Waals surface area (Å²) in [5, 5.41) is 0. The molecule has 0 spiro atoms. The van der Waals surface area contributed by atoms with Gasteiger partial charge in [0.25, 0.3) is 10.0 Å². The van der Waals surface area contributed by atoms with Gasteiger partial charge in [-0.1, -0.05) is 30.8 Å². The minimum atomic E-state index is -3.63. The summed E-state index contributed by atoms with van der Waals surface area (Å²) in [5.74, 6) is 0.960. The van der Waals surface area contributed by atoms with E-state index in [9.17, 15) is 8.42 Å². The first kappa shape index (κ1) is 16.8. The zero-order valence-electron chi connectivity index (χ0n) is 12.1. The van der Waals surface area contributed by atoms with Crippen LogP contribution in [-0.2, 0) is 10.0 Å². The number of hydrogen-bond donors (Lipinski definition) is 1. The molecule has 1 heterocycles. The van der Waals surface area contributed by atoms with E-state index in [1.54, 1.807) is 53.4 Å². The molecule has 0 unspecified atom stereocenters. The number of hydrogen-bond acceptors (Lipinski definition) is 5. The molecule has 0 saturated heterocycles. The summed E-state index contributed by atoms with van der Waals surface area (Å²) in [7, 11) is -3.63. The number of rotatable bonds is 5. The number of fused-ring (bicyclic) bond motifs is 1. The lowest BCUT2D eigenvalue weighted by Crippen LogP contribution is -2.13. The average molecular weight is 429 g/mol. The molecule has 0 aliphatic carbocycles. The Morgan fingerprint density at radius 3 is 2.78 bits per heavy atom. The molecule has 1 N–H and O–H groups in total. The predicted octanol–water partition coefficient (Wildman–Crippen LogP) is 4.97. The van der Waals surface area contributed by atoms with E-state index in [1.807, 2.05) is 12.1 Å². The van der Waals surface area contributed by atoms with Gasteiger partial charge < -0.3 is 0 Å². The second-order valence-electron chi connectivity index (χ2n) is 4.63. The molecule has 0 atom stereocenters. The molecule has 0 fully saturated rings. The van der Waals surface area contributed by atoms with Gasteiger partial charge in [-0.25, -0.2) is 13.4 Å². The number of thiazole rings is 1. The SMILES string of the molecule is CCSc1nc2ccc(NS(=O)(=O)c3ccccc3Br)cc2s1. The highest BCUT2D eigenvalue weighted by Crippen LogP contribution is 2.32. The summed E-state index contributed by atoms with van der Waals surface area (Å²) in [6, 6.07) is 12.1. The van der Waals surface area contributed by atoms with Gasteiger partial charge in [0.2, 0.25) is 0 Å². The molecule has 8 heteroatoms. The third-order valence-corrected chi connectivity index (χ3v) is 7.45. The van der Waals surface area contributed by atoms with Crippen molar-refractivity contribution in [1.82, 2.24) is 4.98 Å².